The van der Waals surface area contributed by atoms with Crippen molar-refractivity contribution in [2.45, 2.75) is 6.42 Å². The summed E-state index contributed by atoms with van der Waals surface area (Å²) in [6, 6.07) is 10.2. The Hall–Kier alpha value is -1.82. The molecule has 0 aromatic heterocycles. The monoisotopic (exact) mass is 196 g/mol. The summed E-state index contributed by atoms with van der Waals surface area (Å²) in [5.74, 6) is 0. The maximum absolute atomic E-state index is 3.85. The minimum Gasteiger partial charge on any atom is -0.103 e. The topological polar surface area (TPSA) is 0 Å². The molecule has 1 aromatic carbocycles. The van der Waals surface area contributed by atoms with Crippen molar-refractivity contribution in [3.8, 4) is 0 Å². The first kappa shape index (κ1) is 11.3. The van der Waals surface area contributed by atoms with E-state index in [2.05, 4.69) is 31.9 Å². The molecule has 0 unspecified atom stereocenters. The zero-order valence-electron chi connectivity index (χ0n) is 8.95. The minimum absolute atomic E-state index is 0.819. The summed E-state index contributed by atoms with van der Waals surface area (Å²) in [4.78, 5) is 0. The third kappa shape index (κ3) is 2.81. The van der Waals surface area contributed by atoms with E-state index in [1.807, 2.05) is 36.4 Å². The third-order valence-electron chi connectivity index (χ3n) is 2.25. The molecule has 0 N–H and O–H groups in total. The Morgan fingerprint density at radius 3 is 2.13 bits per heavy atom. The second-order valence-electron chi connectivity index (χ2n) is 3.21. The Balaban J connectivity index is 3.21. The zero-order chi connectivity index (χ0) is 11.1. The summed E-state index contributed by atoms with van der Waals surface area (Å²) in [5, 5.41) is 0. The average Bonchev–Trinajstić information content (AvgIpc) is 2.30. The molecule has 0 radical (unpaired) electrons. The van der Waals surface area contributed by atoms with Gasteiger partial charge in [-0.25, -0.2) is 0 Å². The Morgan fingerprint density at radius 2 is 1.67 bits per heavy atom. The van der Waals surface area contributed by atoms with E-state index in [1.54, 1.807) is 0 Å². The van der Waals surface area contributed by atoms with Gasteiger partial charge in [-0.1, -0.05) is 61.7 Å². The lowest BCUT2D eigenvalue weighted by Crippen LogP contribution is -1.86. The van der Waals surface area contributed by atoms with Gasteiger partial charge >= 0.3 is 0 Å². The maximum Gasteiger partial charge on any atom is -0.00942 e. The van der Waals surface area contributed by atoms with Crippen molar-refractivity contribution in [1.29, 1.82) is 0 Å². The molecule has 1 aromatic rings. The normalized spacial score (nSPS) is 11.5. The molecule has 76 valence electrons. The first-order chi connectivity index (χ1) is 7.33. The smallest absolute Gasteiger partial charge is 0.00942 e. The standard InChI is InChI=1S/C15H16/c1-4-10-13(5-2)15(6-3)14-11-8-7-9-12-14/h4-9,11-12H,1-3,10H2. The van der Waals surface area contributed by atoms with Gasteiger partial charge in [0.25, 0.3) is 0 Å². The highest BCUT2D eigenvalue weighted by atomic mass is 14.1. The molecule has 0 aliphatic carbocycles. The second kappa shape index (κ2) is 5.82. The van der Waals surface area contributed by atoms with Gasteiger partial charge in [0.2, 0.25) is 0 Å². The quantitative estimate of drug-likeness (QED) is 0.484. The predicted molar refractivity (Wildman–Crippen MR) is 68.6 cm³/mol. The third-order valence-corrected chi connectivity index (χ3v) is 2.25. The molecule has 1 rings (SSSR count). The van der Waals surface area contributed by atoms with Crippen molar-refractivity contribution in [2.75, 3.05) is 0 Å². The molecule has 0 atom stereocenters. The van der Waals surface area contributed by atoms with Crippen molar-refractivity contribution in [3.63, 3.8) is 0 Å². The van der Waals surface area contributed by atoms with Gasteiger partial charge in [0.1, 0.15) is 0 Å². The SMILES string of the molecule is C=CCC(C=C)=C(C=C)c1ccccc1. The molecule has 0 heteroatoms. The summed E-state index contributed by atoms with van der Waals surface area (Å²) in [7, 11) is 0. The molecule has 0 spiro atoms. The van der Waals surface area contributed by atoms with Crippen LogP contribution in [0.3, 0.4) is 0 Å². The van der Waals surface area contributed by atoms with Gasteiger partial charge in [-0.3, -0.25) is 0 Å². The molecule has 0 saturated carbocycles. The number of allylic oxidation sites excluding steroid dienone is 5. The van der Waals surface area contributed by atoms with Crippen molar-refractivity contribution in [1.82, 2.24) is 0 Å². The molecule has 0 bridgehead atoms. The van der Waals surface area contributed by atoms with Crippen LogP contribution in [0.2, 0.25) is 0 Å². The van der Waals surface area contributed by atoms with E-state index in [9.17, 15) is 0 Å². The van der Waals surface area contributed by atoms with Gasteiger partial charge in [-0.2, -0.15) is 0 Å². The van der Waals surface area contributed by atoms with Gasteiger partial charge in [-0.15, -0.1) is 6.58 Å². The van der Waals surface area contributed by atoms with Crippen molar-refractivity contribution < 1.29 is 0 Å². The van der Waals surface area contributed by atoms with Crippen molar-refractivity contribution >= 4 is 5.57 Å². The molecule has 0 amide bonds. The van der Waals surface area contributed by atoms with Gasteiger partial charge in [0.05, 0.1) is 0 Å². The van der Waals surface area contributed by atoms with Crippen LogP contribution in [0, 0.1) is 0 Å². The van der Waals surface area contributed by atoms with Crippen LogP contribution < -0.4 is 0 Å². The fourth-order valence-electron chi connectivity index (χ4n) is 1.51. The Kier molecular flexibility index (Phi) is 4.36. The van der Waals surface area contributed by atoms with Crippen LogP contribution in [0.4, 0.5) is 0 Å². The molecule has 0 aliphatic heterocycles. The largest absolute Gasteiger partial charge is 0.103 e. The van der Waals surface area contributed by atoms with Crippen LogP contribution in [0.25, 0.3) is 5.57 Å². The summed E-state index contributed by atoms with van der Waals surface area (Å²) < 4.78 is 0. The Bertz CT molecular complexity index is 380. The highest BCUT2D eigenvalue weighted by molar-refractivity contribution is 5.78. The zero-order valence-corrected chi connectivity index (χ0v) is 8.95. The summed E-state index contributed by atoms with van der Waals surface area (Å²) in [6.45, 7) is 11.4. The molecule has 0 saturated heterocycles. The number of hydrogen-bond acceptors (Lipinski definition) is 0. The summed E-state index contributed by atoms with van der Waals surface area (Å²) in [5.41, 5.74) is 3.46. The van der Waals surface area contributed by atoms with E-state index in [0.29, 0.717) is 0 Å². The molecule has 0 aliphatic rings. The first-order valence-electron chi connectivity index (χ1n) is 4.97. The van der Waals surface area contributed by atoms with Crippen LogP contribution in [0.15, 0.2) is 73.9 Å². The van der Waals surface area contributed by atoms with Crippen LogP contribution in [-0.4, -0.2) is 0 Å². The van der Waals surface area contributed by atoms with Crippen molar-refractivity contribution in [2.24, 2.45) is 0 Å². The van der Waals surface area contributed by atoms with Crippen LogP contribution in [-0.2, 0) is 0 Å². The molecular weight excluding hydrogens is 180 g/mol. The Morgan fingerprint density at radius 1 is 1.00 bits per heavy atom. The van der Waals surface area contributed by atoms with Crippen molar-refractivity contribution in [3.05, 3.63) is 79.4 Å². The fraction of sp³-hybridized carbons (Fsp3) is 0.0667. The van der Waals surface area contributed by atoms with Crippen LogP contribution >= 0.6 is 0 Å². The maximum atomic E-state index is 3.85. The Labute approximate surface area is 92.0 Å². The molecule has 0 nitrogen and oxygen atoms in total. The van der Waals surface area contributed by atoms with Gasteiger partial charge in [0, 0.05) is 0 Å². The second-order valence-corrected chi connectivity index (χ2v) is 3.21. The van der Waals surface area contributed by atoms with E-state index in [0.717, 1.165) is 17.6 Å². The van der Waals surface area contributed by atoms with Crippen LogP contribution in [0.5, 0.6) is 0 Å². The molecular formula is C15H16. The van der Waals surface area contributed by atoms with Gasteiger partial charge < -0.3 is 0 Å². The lowest BCUT2D eigenvalue weighted by Gasteiger charge is -2.07. The minimum atomic E-state index is 0.819. The van der Waals surface area contributed by atoms with E-state index < -0.39 is 0 Å². The lowest BCUT2D eigenvalue weighted by atomic mass is 9.98. The molecule has 0 heterocycles. The predicted octanol–water partition coefficient (Wildman–Crippen LogP) is 4.39. The number of benzene rings is 1. The lowest BCUT2D eigenvalue weighted by molar-refractivity contribution is 1.30. The summed E-state index contributed by atoms with van der Waals surface area (Å²) in [6.07, 6.45) is 6.44. The fourth-order valence-corrected chi connectivity index (χ4v) is 1.51. The molecule has 0 fully saturated rings. The highest BCUT2D eigenvalue weighted by Gasteiger charge is 2.01. The average molecular weight is 196 g/mol. The van der Waals surface area contributed by atoms with E-state index in [1.165, 1.54) is 5.56 Å². The van der Waals surface area contributed by atoms with Gasteiger partial charge in [0.15, 0.2) is 0 Å². The van der Waals surface area contributed by atoms with E-state index in [-0.39, 0.29) is 0 Å². The van der Waals surface area contributed by atoms with Gasteiger partial charge in [-0.05, 0) is 23.1 Å². The highest BCUT2D eigenvalue weighted by Crippen LogP contribution is 2.22. The number of hydrogen-bond donors (Lipinski definition) is 0. The first-order valence-corrected chi connectivity index (χ1v) is 4.97. The number of rotatable bonds is 5. The van der Waals surface area contributed by atoms with Crippen LogP contribution in [0.1, 0.15) is 12.0 Å². The summed E-state index contributed by atoms with van der Waals surface area (Å²) >= 11 is 0. The van der Waals surface area contributed by atoms with E-state index in [4.69, 9.17) is 0 Å². The van der Waals surface area contributed by atoms with E-state index >= 15 is 0 Å². The molecule has 15 heavy (non-hydrogen) atoms.